The lowest BCUT2D eigenvalue weighted by molar-refractivity contribution is 0.700. The summed E-state index contributed by atoms with van der Waals surface area (Å²) < 4.78 is 0. The highest BCUT2D eigenvalue weighted by atomic mass is 13.9. The van der Waals surface area contributed by atoms with Crippen LogP contribution in [0.1, 0.15) is 34.1 Å². The normalized spacial score (nSPS) is 10.6. The molecule has 1 atom stereocenters. The Morgan fingerprint density at radius 2 is 1.82 bits per heavy atom. The molecule has 0 amide bonds. The van der Waals surface area contributed by atoms with Crippen LogP contribution in [-0.2, 0) is 0 Å². The van der Waals surface area contributed by atoms with E-state index < -0.39 is 0 Å². The highest BCUT2D eigenvalue weighted by Crippen LogP contribution is 1.98. The van der Waals surface area contributed by atoms with Crippen molar-refractivity contribution in [3.05, 3.63) is 31.2 Å². The Labute approximate surface area is 72.0 Å². The van der Waals surface area contributed by atoms with E-state index in [9.17, 15) is 0 Å². The molecular formula is C11H21. The Hall–Kier alpha value is -0.520. The van der Waals surface area contributed by atoms with Crippen molar-refractivity contribution in [1.82, 2.24) is 0 Å². The van der Waals surface area contributed by atoms with Crippen LogP contribution in [0.4, 0.5) is 0 Å². The van der Waals surface area contributed by atoms with E-state index in [-0.39, 0.29) is 0 Å². The lowest BCUT2D eigenvalue weighted by atomic mass is 10.1. The first-order valence-electron chi connectivity index (χ1n) is 4.13. The first-order chi connectivity index (χ1) is 5.08. The molecule has 0 saturated carbocycles. The van der Waals surface area contributed by atoms with E-state index in [0.29, 0.717) is 5.92 Å². The number of rotatable bonds is 2. The third kappa shape index (κ3) is 17.7. The predicted molar refractivity (Wildman–Crippen MR) is 54.4 cm³/mol. The number of hydrogen-bond donors (Lipinski definition) is 0. The third-order valence-electron chi connectivity index (χ3n) is 1.45. The van der Waals surface area contributed by atoms with E-state index >= 15 is 0 Å². The standard InChI is InChI=1S/C6H12.C5H9/c1-4-6(3)5-2;1-4-5(2)3/h4,6H,1,5H2,2-3H3;4H,1H2,2-3H3. The van der Waals surface area contributed by atoms with Crippen molar-refractivity contribution in [2.24, 2.45) is 5.92 Å². The summed E-state index contributed by atoms with van der Waals surface area (Å²) in [4.78, 5) is 0. The first-order valence-corrected chi connectivity index (χ1v) is 4.13. The van der Waals surface area contributed by atoms with Crippen molar-refractivity contribution in [2.75, 3.05) is 0 Å². The average molecular weight is 153 g/mol. The zero-order valence-electron chi connectivity index (χ0n) is 8.35. The maximum atomic E-state index is 3.63. The molecule has 1 unspecified atom stereocenters. The summed E-state index contributed by atoms with van der Waals surface area (Å²) in [5, 5.41) is 0. The Balaban J connectivity index is 0. The molecule has 0 nitrogen and oxygen atoms in total. The van der Waals surface area contributed by atoms with Gasteiger partial charge in [-0.3, -0.25) is 0 Å². The fraction of sp³-hybridized carbons (Fsp3) is 0.545. The molecule has 0 spiro atoms. The second-order valence-electron chi connectivity index (χ2n) is 2.90. The summed E-state index contributed by atoms with van der Waals surface area (Å²) in [6.07, 6.45) is 5.02. The average Bonchev–Trinajstić information content (AvgIpc) is 2.04. The molecule has 65 valence electrons. The molecule has 0 aliphatic rings. The Morgan fingerprint density at radius 1 is 1.45 bits per heavy atom. The number of allylic oxidation sites excluding steroid dienone is 3. The van der Waals surface area contributed by atoms with Gasteiger partial charge in [0.1, 0.15) is 0 Å². The van der Waals surface area contributed by atoms with Crippen molar-refractivity contribution >= 4 is 0 Å². The quantitative estimate of drug-likeness (QED) is 0.526. The zero-order chi connectivity index (χ0) is 9.28. The molecule has 0 N–H and O–H groups in total. The van der Waals surface area contributed by atoms with E-state index in [0.717, 1.165) is 0 Å². The molecule has 0 aliphatic carbocycles. The van der Waals surface area contributed by atoms with Gasteiger partial charge in [-0.1, -0.05) is 38.0 Å². The smallest absolute Gasteiger partial charge is 0.0267 e. The molecule has 0 saturated heterocycles. The van der Waals surface area contributed by atoms with E-state index in [1.165, 1.54) is 12.0 Å². The lowest BCUT2D eigenvalue weighted by Gasteiger charge is -1.93. The minimum Gasteiger partial charge on any atom is -0.103 e. The SMILES string of the molecule is C=CC(C)CC.[CH2]C=C(C)C. The van der Waals surface area contributed by atoms with Crippen molar-refractivity contribution in [1.29, 1.82) is 0 Å². The molecule has 0 heteroatoms. The minimum atomic E-state index is 0.699. The van der Waals surface area contributed by atoms with Gasteiger partial charge in [-0.25, -0.2) is 0 Å². The van der Waals surface area contributed by atoms with Gasteiger partial charge in [-0.2, -0.15) is 0 Å². The van der Waals surface area contributed by atoms with Gasteiger partial charge in [0.05, 0.1) is 0 Å². The summed E-state index contributed by atoms with van der Waals surface area (Å²) in [5.74, 6) is 0.699. The summed E-state index contributed by atoms with van der Waals surface area (Å²) in [6.45, 7) is 15.5. The van der Waals surface area contributed by atoms with E-state index in [1.807, 2.05) is 26.0 Å². The molecule has 1 radical (unpaired) electrons. The molecule has 0 aromatic carbocycles. The van der Waals surface area contributed by atoms with Crippen LogP contribution in [0.25, 0.3) is 0 Å². The van der Waals surface area contributed by atoms with Crippen LogP contribution >= 0.6 is 0 Å². The van der Waals surface area contributed by atoms with Gasteiger partial charge in [0, 0.05) is 0 Å². The van der Waals surface area contributed by atoms with Crippen LogP contribution in [0, 0.1) is 12.8 Å². The maximum absolute atomic E-state index is 3.63. The Bertz CT molecular complexity index is 105. The number of hydrogen-bond acceptors (Lipinski definition) is 0. The minimum absolute atomic E-state index is 0.699. The van der Waals surface area contributed by atoms with Gasteiger partial charge in [-0.05, 0) is 26.7 Å². The van der Waals surface area contributed by atoms with Gasteiger partial charge in [-0.15, -0.1) is 6.58 Å². The monoisotopic (exact) mass is 153 g/mol. The van der Waals surface area contributed by atoms with Crippen LogP contribution in [0.15, 0.2) is 24.3 Å². The van der Waals surface area contributed by atoms with Crippen LogP contribution in [0.2, 0.25) is 0 Å². The summed E-state index contributed by atoms with van der Waals surface area (Å²) in [7, 11) is 0. The largest absolute Gasteiger partial charge is 0.103 e. The summed E-state index contributed by atoms with van der Waals surface area (Å²) >= 11 is 0. The molecule has 0 rings (SSSR count). The predicted octanol–water partition coefficient (Wildman–Crippen LogP) is 4.01. The van der Waals surface area contributed by atoms with E-state index in [2.05, 4.69) is 27.4 Å². The summed E-state index contributed by atoms with van der Waals surface area (Å²) in [6, 6.07) is 0. The summed E-state index contributed by atoms with van der Waals surface area (Å²) in [5.41, 5.74) is 1.27. The van der Waals surface area contributed by atoms with Gasteiger partial charge in [0.15, 0.2) is 0 Å². The molecule has 0 aliphatic heterocycles. The van der Waals surface area contributed by atoms with Crippen LogP contribution in [-0.4, -0.2) is 0 Å². The molecule has 0 aromatic rings. The molecule has 11 heavy (non-hydrogen) atoms. The van der Waals surface area contributed by atoms with Gasteiger partial charge >= 0.3 is 0 Å². The molecular weight excluding hydrogens is 132 g/mol. The van der Waals surface area contributed by atoms with Crippen molar-refractivity contribution in [3.8, 4) is 0 Å². The highest BCUT2D eigenvalue weighted by Gasteiger charge is 1.84. The lowest BCUT2D eigenvalue weighted by Crippen LogP contribution is -1.80. The van der Waals surface area contributed by atoms with E-state index in [4.69, 9.17) is 0 Å². The van der Waals surface area contributed by atoms with Crippen molar-refractivity contribution in [2.45, 2.75) is 34.1 Å². The maximum Gasteiger partial charge on any atom is -0.0267 e. The van der Waals surface area contributed by atoms with Gasteiger partial charge < -0.3 is 0 Å². The van der Waals surface area contributed by atoms with Crippen molar-refractivity contribution in [3.63, 3.8) is 0 Å². The Kier molecular flexibility index (Phi) is 11.3. The topological polar surface area (TPSA) is 0 Å². The fourth-order valence-corrected chi connectivity index (χ4v) is 0.167. The second kappa shape index (κ2) is 9.48. The molecule has 0 fully saturated rings. The Morgan fingerprint density at radius 3 is 1.82 bits per heavy atom. The van der Waals surface area contributed by atoms with Gasteiger partial charge in [0.2, 0.25) is 0 Å². The molecule has 0 heterocycles. The van der Waals surface area contributed by atoms with Crippen molar-refractivity contribution < 1.29 is 0 Å². The zero-order valence-corrected chi connectivity index (χ0v) is 8.35. The second-order valence-corrected chi connectivity index (χ2v) is 2.90. The highest BCUT2D eigenvalue weighted by molar-refractivity contribution is 4.94. The van der Waals surface area contributed by atoms with Gasteiger partial charge in [0.25, 0.3) is 0 Å². The first kappa shape index (κ1) is 13.1. The van der Waals surface area contributed by atoms with Crippen LogP contribution in [0.5, 0.6) is 0 Å². The fourth-order valence-electron chi connectivity index (χ4n) is 0.167. The van der Waals surface area contributed by atoms with E-state index in [1.54, 1.807) is 0 Å². The molecule has 0 aromatic heterocycles. The third-order valence-corrected chi connectivity index (χ3v) is 1.45. The van der Waals surface area contributed by atoms with Crippen LogP contribution < -0.4 is 0 Å². The van der Waals surface area contributed by atoms with Crippen LogP contribution in [0.3, 0.4) is 0 Å². The molecule has 0 bridgehead atoms.